The molecule has 1 atom stereocenters. The van der Waals surface area contributed by atoms with Gasteiger partial charge >= 0.3 is 0 Å². The van der Waals surface area contributed by atoms with Crippen LogP contribution in [-0.4, -0.2) is 5.11 Å². The van der Waals surface area contributed by atoms with Crippen molar-refractivity contribution in [3.05, 3.63) is 295 Å². The summed E-state index contributed by atoms with van der Waals surface area (Å²) in [6, 6.07) is 97.7. The zero-order valence-corrected chi connectivity index (χ0v) is 42.1. The molecule has 4 heterocycles. The molecule has 16 rings (SSSR count). The lowest BCUT2D eigenvalue weighted by atomic mass is 9.59. The number of nitrogens with zero attached hydrogens (tertiary/aromatic N) is 2. The van der Waals surface area contributed by atoms with Gasteiger partial charge in [-0.3, -0.25) is 0 Å². The third kappa shape index (κ3) is 6.49. The van der Waals surface area contributed by atoms with Gasteiger partial charge in [-0.05, 0) is 141 Å². The van der Waals surface area contributed by atoms with Gasteiger partial charge in [0.2, 0.25) is 0 Å². The Hall–Kier alpha value is -10.4. The summed E-state index contributed by atoms with van der Waals surface area (Å²) in [4.78, 5) is 4.91. The van der Waals surface area contributed by atoms with Crippen LogP contribution in [-0.2, 0) is 5.41 Å². The van der Waals surface area contributed by atoms with E-state index in [0.29, 0.717) is 0 Å². The molecule has 5 heteroatoms. The van der Waals surface area contributed by atoms with Crippen LogP contribution in [0.15, 0.2) is 282 Å². The second-order valence-corrected chi connectivity index (χ2v) is 20.5. The zero-order chi connectivity index (χ0) is 51.5. The number of phenols is 1. The quantitative estimate of drug-likeness (QED) is 0.180. The summed E-state index contributed by atoms with van der Waals surface area (Å²) in [7, 11) is 0. The predicted molar refractivity (Wildman–Crippen MR) is 319 cm³/mol. The van der Waals surface area contributed by atoms with Crippen LogP contribution in [0.4, 0.5) is 34.1 Å². The van der Waals surface area contributed by atoms with E-state index in [2.05, 4.69) is 240 Å². The highest BCUT2D eigenvalue weighted by Gasteiger charge is 2.52. The number of para-hydroxylation sites is 6. The zero-order valence-electron chi connectivity index (χ0n) is 42.1. The summed E-state index contributed by atoms with van der Waals surface area (Å²) in [5.74, 6) is 0.249. The number of rotatable bonds is 6. The lowest BCUT2D eigenvalue weighted by Gasteiger charge is -2.51. The fraction of sp³-hybridized carbons (Fsp3) is 0.0137. The minimum atomic E-state index is -0.837. The topological polar surface area (TPSA) is 53.0 Å². The molecule has 0 aliphatic carbocycles. The fourth-order valence-electron chi connectivity index (χ4n) is 12.9. The second-order valence-electron chi connectivity index (χ2n) is 20.5. The highest BCUT2D eigenvalue weighted by atomic mass is 16.3. The Bertz CT molecular complexity index is 4690. The van der Waals surface area contributed by atoms with Crippen LogP contribution in [0.5, 0.6) is 5.75 Å². The number of hydrogen-bond donors (Lipinski definition) is 1. The van der Waals surface area contributed by atoms with Crippen LogP contribution in [0.1, 0.15) is 22.3 Å². The van der Waals surface area contributed by atoms with Gasteiger partial charge in [0.15, 0.2) is 0 Å². The SMILES string of the molecule is Oc1ccc(-c2ccc(N3c4ccccc4C4(c5ccccc5N(c5ccc(-c6cccc7c6oc6ccccc67)cc5)c5ccc(-c6cccc7c6oc6ccccc67)cc54)c4cc(-c5ccccc5)ccc43)cc2)cc1. The average Bonchev–Trinajstić information content (AvgIpc) is 2.74. The minimum absolute atomic E-state index is 0.249. The molecular formula is C73H46N2O3. The van der Waals surface area contributed by atoms with Crippen LogP contribution in [0.25, 0.3) is 88.4 Å². The molecule has 2 aliphatic rings. The Morgan fingerprint density at radius 2 is 0.679 bits per heavy atom. The van der Waals surface area contributed by atoms with Gasteiger partial charge in [-0.2, -0.15) is 0 Å². The molecule has 0 fully saturated rings. The Balaban J connectivity index is 0.958. The molecule has 0 amide bonds. The minimum Gasteiger partial charge on any atom is -0.508 e. The normalized spacial score (nSPS) is 14.5. The lowest BCUT2D eigenvalue weighted by molar-refractivity contribution is 0.475. The molecule has 366 valence electrons. The summed E-state index contributed by atoms with van der Waals surface area (Å²) < 4.78 is 13.4. The smallest absolute Gasteiger partial charge is 0.143 e. The molecule has 0 saturated heterocycles. The molecule has 0 saturated carbocycles. The average molecular weight is 999 g/mol. The first kappa shape index (κ1) is 44.0. The van der Waals surface area contributed by atoms with E-state index in [1.807, 2.05) is 30.3 Å². The molecule has 12 aromatic carbocycles. The van der Waals surface area contributed by atoms with Gasteiger partial charge in [-0.15, -0.1) is 0 Å². The third-order valence-corrected chi connectivity index (χ3v) is 16.4. The van der Waals surface area contributed by atoms with Crippen LogP contribution < -0.4 is 9.80 Å². The molecule has 2 aromatic heterocycles. The van der Waals surface area contributed by atoms with Gasteiger partial charge in [0.05, 0.1) is 28.2 Å². The van der Waals surface area contributed by atoms with E-state index in [0.717, 1.165) is 128 Å². The number of benzene rings is 12. The highest BCUT2D eigenvalue weighted by molar-refractivity contribution is 6.11. The standard InChI is InChI=1S/C73H46N2O3/c76-54-40-32-48(33-41-54)47-28-36-52(37-29-47)74-65-24-8-6-22-61(65)73(63-44-50(34-42-67(63)74)46-14-2-1-3-15-46)62-23-7-9-25-66(62)75(53-38-30-49(31-39-53)55-18-12-20-59-57-16-4-10-26-69(57)77-71(55)59)68-43-35-51(45-64(68)73)56-19-13-21-60-58-17-5-11-27-70(58)78-72(56)60/h1-45,76H. The lowest BCUT2D eigenvalue weighted by Crippen LogP contribution is -2.42. The number of aromatic hydroxyl groups is 1. The van der Waals surface area contributed by atoms with Gasteiger partial charge in [-0.25, -0.2) is 0 Å². The van der Waals surface area contributed by atoms with Crippen molar-refractivity contribution in [1.29, 1.82) is 0 Å². The van der Waals surface area contributed by atoms with E-state index in [9.17, 15) is 5.11 Å². The fourth-order valence-corrected chi connectivity index (χ4v) is 12.9. The Labute approximate surface area is 450 Å². The van der Waals surface area contributed by atoms with Crippen LogP contribution >= 0.6 is 0 Å². The van der Waals surface area contributed by atoms with Crippen molar-refractivity contribution in [2.45, 2.75) is 5.41 Å². The number of fused-ring (bicyclic) bond motifs is 14. The molecule has 1 spiro atoms. The van der Waals surface area contributed by atoms with Gasteiger partial charge in [0.25, 0.3) is 0 Å². The van der Waals surface area contributed by atoms with Crippen molar-refractivity contribution in [3.63, 3.8) is 0 Å². The monoisotopic (exact) mass is 998 g/mol. The summed E-state index contributed by atoms with van der Waals surface area (Å²) in [6.07, 6.45) is 0. The number of phenolic OH excluding ortho intramolecular Hbond substituents is 1. The highest BCUT2D eigenvalue weighted by Crippen LogP contribution is 2.65. The van der Waals surface area contributed by atoms with Gasteiger partial charge in [0.1, 0.15) is 28.1 Å². The van der Waals surface area contributed by atoms with E-state index in [4.69, 9.17) is 8.83 Å². The second kappa shape index (κ2) is 17.1. The summed E-state index contributed by atoms with van der Waals surface area (Å²) in [6.45, 7) is 0. The Morgan fingerprint density at radius 3 is 1.24 bits per heavy atom. The first-order valence-electron chi connectivity index (χ1n) is 26.5. The maximum absolute atomic E-state index is 10.1. The van der Waals surface area contributed by atoms with Crippen molar-refractivity contribution in [2.75, 3.05) is 9.80 Å². The molecule has 2 aliphatic heterocycles. The van der Waals surface area contributed by atoms with Crippen molar-refractivity contribution < 1.29 is 13.9 Å². The molecule has 78 heavy (non-hydrogen) atoms. The van der Waals surface area contributed by atoms with Crippen molar-refractivity contribution in [2.24, 2.45) is 0 Å². The summed E-state index contributed by atoms with van der Waals surface area (Å²) >= 11 is 0. The van der Waals surface area contributed by atoms with Gasteiger partial charge < -0.3 is 23.7 Å². The van der Waals surface area contributed by atoms with Gasteiger partial charge in [0, 0.05) is 44.0 Å². The van der Waals surface area contributed by atoms with Crippen molar-refractivity contribution in [3.8, 4) is 50.3 Å². The largest absolute Gasteiger partial charge is 0.508 e. The first-order chi connectivity index (χ1) is 38.6. The number of hydrogen-bond acceptors (Lipinski definition) is 5. The molecule has 1 unspecified atom stereocenters. The van der Waals surface area contributed by atoms with Crippen LogP contribution in [0, 0.1) is 0 Å². The van der Waals surface area contributed by atoms with E-state index < -0.39 is 5.41 Å². The van der Waals surface area contributed by atoms with Crippen molar-refractivity contribution in [1.82, 2.24) is 0 Å². The maximum atomic E-state index is 10.1. The Morgan fingerprint density at radius 1 is 0.282 bits per heavy atom. The van der Waals surface area contributed by atoms with E-state index >= 15 is 0 Å². The van der Waals surface area contributed by atoms with E-state index in [1.54, 1.807) is 12.1 Å². The maximum Gasteiger partial charge on any atom is 0.143 e. The van der Waals surface area contributed by atoms with E-state index in [-0.39, 0.29) is 5.75 Å². The molecule has 1 N–H and O–H groups in total. The van der Waals surface area contributed by atoms with Crippen LogP contribution in [0.2, 0.25) is 0 Å². The molecule has 0 bridgehead atoms. The first-order valence-corrected chi connectivity index (χ1v) is 26.5. The predicted octanol–water partition coefficient (Wildman–Crippen LogP) is 19.8. The number of furan rings is 2. The molecular weight excluding hydrogens is 953 g/mol. The summed E-state index contributed by atoms with van der Waals surface area (Å²) in [5, 5.41) is 14.5. The molecule has 5 nitrogen and oxygen atoms in total. The van der Waals surface area contributed by atoms with Gasteiger partial charge in [-0.1, -0.05) is 188 Å². The number of anilines is 6. The molecule has 0 radical (unpaired) electrons. The Kier molecular flexibility index (Phi) is 9.63. The van der Waals surface area contributed by atoms with Crippen molar-refractivity contribution >= 4 is 78.0 Å². The molecule has 14 aromatic rings. The third-order valence-electron chi connectivity index (χ3n) is 16.4. The summed E-state index contributed by atoms with van der Waals surface area (Å²) in [5.41, 5.74) is 22.4. The van der Waals surface area contributed by atoms with Crippen LogP contribution in [0.3, 0.4) is 0 Å². The van der Waals surface area contributed by atoms with E-state index in [1.165, 1.54) is 16.7 Å².